The highest BCUT2D eigenvalue weighted by molar-refractivity contribution is 7.89. The molecule has 0 spiro atoms. The van der Waals surface area contributed by atoms with Crippen LogP contribution in [0.4, 0.5) is 5.13 Å². The minimum absolute atomic E-state index is 0.127. The Morgan fingerprint density at radius 2 is 1.91 bits per heavy atom. The Hall–Kier alpha value is -1.77. The summed E-state index contributed by atoms with van der Waals surface area (Å²) in [5.74, 6) is -0.636. The van der Waals surface area contributed by atoms with Gasteiger partial charge in [0, 0.05) is 11.6 Å². The molecular weight excluding hydrogens is 322 g/mol. The minimum atomic E-state index is -3.76. The summed E-state index contributed by atoms with van der Waals surface area (Å²) in [5, 5.41) is 4.79. The van der Waals surface area contributed by atoms with Gasteiger partial charge in [0.1, 0.15) is 6.04 Å². The summed E-state index contributed by atoms with van der Waals surface area (Å²) >= 11 is 1.27. The molecule has 0 aliphatic carbocycles. The van der Waals surface area contributed by atoms with E-state index in [1.54, 1.807) is 43.6 Å². The summed E-state index contributed by atoms with van der Waals surface area (Å²) in [6, 6.07) is 7.09. The third-order valence-electron chi connectivity index (χ3n) is 2.95. The van der Waals surface area contributed by atoms with Gasteiger partial charge in [-0.3, -0.25) is 4.79 Å². The van der Waals surface area contributed by atoms with Crippen molar-refractivity contribution in [3.05, 3.63) is 41.9 Å². The molecule has 2 N–H and O–H groups in total. The van der Waals surface area contributed by atoms with Crippen molar-refractivity contribution in [2.75, 3.05) is 5.32 Å². The molecule has 0 radical (unpaired) electrons. The number of benzene rings is 1. The first kappa shape index (κ1) is 16.6. The number of thiazole rings is 1. The molecule has 0 saturated carbocycles. The largest absolute Gasteiger partial charge is 0.301 e. The number of amides is 1. The van der Waals surface area contributed by atoms with Gasteiger partial charge in [-0.25, -0.2) is 13.4 Å². The lowest BCUT2D eigenvalue weighted by molar-refractivity contribution is -0.118. The highest BCUT2D eigenvalue weighted by Gasteiger charge is 2.28. The fourth-order valence-electron chi connectivity index (χ4n) is 1.80. The summed E-state index contributed by atoms with van der Waals surface area (Å²) in [6.45, 7) is 3.55. The molecule has 6 nitrogen and oxygen atoms in total. The van der Waals surface area contributed by atoms with Crippen molar-refractivity contribution in [1.82, 2.24) is 9.71 Å². The smallest absolute Gasteiger partial charge is 0.244 e. The van der Waals surface area contributed by atoms with E-state index >= 15 is 0 Å². The van der Waals surface area contributed by atoms with Gasteiger partial charge in [-0.15, -0.1) is 11.3 Å². The van der Waals surface area contributed by atoms with E-state index in [2.05, 4.69) is 15.0 Å². The van der Waals surface area contributed by atoms with Crippen molar-refractivity contribution in [2.45, 2.75) is 24.8 Å². The molecule has 22 heavy (non-hydrogen) atoms. The van der Waals surface area contributed by atoms with Crippen LogP contribution in [-0.4, -0.2) is 25.4 Å². The summed E-state index contributed by atoms with van der Waals surface area (Å²) in [4.78, 5) is 16.4. The third kappa shape index (κ3) is 4.12. The normalized spacial score (nSPS) is 13.0. The molecule has 1 aromatic carbocycles. The van der Waals surface area contributed by atoms with Crippen LogP contribution >= 0.6 is 11.3 Å². The maximum Gasteiger partial charge on any atom is 0.244 e. The van der Waals surface area contributed by atoms with Crippen LogP contribution in [0.3, 0.4) is 0 Å². The van der Waals surface area contributed by atoms with Crippen LogP contribution in [0, 0.1) is 5.92 Å². The number of hydrogen-bond acceptors (Lipinski definition) is 5. The minimum Gasteiger partial charge on any atom is -0.301 e. The van der Waals surface area contributed by atoms with E-state index in [0.717, 1.165) is 0 Å². The number of carbonyl (C=O) groups is 1. The maximum absolute atomic E-state index is 12.3. The zero-order chi connectivity index (χ0) is 16.2. The lowest BCUT2D eigenvalue weighted by Gasteiger charge is -2.21. The fourth-order valence-corrected chi connectivity index (χ4v) is 3.69. The second-order valence-corrected chi connectivity index (χ2v) is 7.59. The second-order valence-electron chi connectivity index (χ2n) is 4.98. The van der Waals surface area contributed by atoms with Crippen molar-refractivity contribution in [2.24, 2.45) is 5.92 Å². The molecule has 2 aromatic rings. The van der Waals surface area contributed by atoms with Crippen LogP contribution in [0.15, 0.2) is 46.8 Å². The molecule has 0 bridgehead atoms. The lowest BCUT2D eigenvalue weighted by atomic mass is 10.1. The zero-order valence-corrected chi connectivity index (χ0v) is 13.8. The van der Waals surface area contributed by atoms with Gasteiger partial charge in [-0.1, -0.05) is 32.0 Å². The molecule has 0 aliphatic heterocycles. The number of carbonyl (C=O) groups excluding carboxylic acids is 1. The molecule has 1 aromatic heterocycles. The Balaban J connectivity index is 2.17. The quantitative estimate of drug-likeness (QED) is 0.843. The van der Waals surface area contributed by atoms with E-state index < -0.39 is 22.0 Å². The van der Waals surface area contributed by atoms with Gasteiger partial charge in [-0.05, 0) is 18.1 Å². The number of sulfonamides is 1. The lowest BCUT2D eigenvalue weighted by Crippen LogP contribution is -2.46. The molecule has 0 fully saturated rings. The van der Waals surface area contributed by atoms with Gasteiger partial charge in [0.2, 0.25) is 15.9 Å². The number of rotatable bonds is 6. The van der Waals surface area contributed by atoms with E-state index in [9.17, 15) is 13.2 Å². The number of hydrogen-bond donors (Lipinski definition) is 2. The zero-order valence-electron chi connectivity index (χ0n) is 12.2. The van der Waals surface area contributed by atoms with Crippen LogP contribution in [0.5, 0.6) is 0 Å². The van der Waals surface area contributed by atoms with Crippen molar-refractivity contribution in [3.63, 3.8) is 0 Å². The first-order valence-corrected chi connectivity index (χ1v) is 9.04. The summed E-state index contributed by atoms with van der Waals surface area (Å²) < 4.78 is 27.2. The monoisotopic (exact) mass is 339 g/mol. The number of nitrogens with zero attached hydrogens (tertiary/aromatic N) is 1. The van der Waals surface area contributed by atoms with Gasteiger partial charge < -0.3 is 5.32 Å². The molecule has 1 heterocycles. The topological polar surface area (TPSA) is 88.2 Å². The number of aromatic nitrogens is 1. The Kier molecular flexibility index (Phi) is 5.28. The highest BCUT2D eigenvalue weighted by atomic mass is 32.2. The van der Waals surface area contributed by atoms with Gasteiger partial charge in [0.05, 0.1) is 4.90 Å². The van der Waals surface area contributed by atoms with Crippen LogP contribution in [0.25, 0.3) is 0 Å². The summed E-state index contributed by atoms with van der Waals surface area (Å²) in [7, 11) is -3.76. The molecule has 118 valence electrons. The first-order chi connectivity index (χ1) is 10.4. The number of nitrogens with one attached hydrogen (secondary N) is 2. The van der Waals surface area contributed by atoms with Crippen molar-refractivity contribution >= 4 is 32.4 Å². The molecule has 0 aliphatic rings. The molecular formula is C14H17N3O3S2. The van der Waals surface area contributed by atoms with E-state index in [4.69, 9.17) is 0 Å². The van der Waals surface area contributed by atoms with Gasteiger partial charge in [-0.2, -0.15) is 4.72 Å². The predicted octanol–water partition coefficient (Wildman–Crippen LogP) is 2.08. The third-order valence-corrected chi connectivity index (χ3v) is 5.09. The Morgan fingerprint density at radius 3 is 2.45 bits per heavy atom. The Labute approximate surface area is 133 Å². The maximum atomic E-state index is 12.3. The Bertz CT molecular complexity index is 713. The summed E-state index contributed by atoms with van der Waals surface area (Å²) in [6.07, 6.45) is 1.57. The van der Waals surface area contributed by atoms with Crippen molar-refractivity contribution in [3.8, 4) is 0 Å². The SMILES string of the molecule is CC(C)[C@H](NS(=O)(=O)c1ccccc1)C(=O)Nc1nccs1. The molecule has 1 atom stereocenters. The van der Waals surface area contributed by atoms with E-state index in [1.807, 2.05) is 0 Å². The van der Waals surface area contributed by atoms with Crippen LogP contribution < -0.4 is 10.0 Å². The second kappa shape index (κ2) is 6.99. The average molecular weight is 339 g/mol. The average Bonchev–Trinajstić information content (AvgIpc) is 2.98. The van der Waals surface area contributed by atoms with Gasteiger partial charge in [0.25, 0.3) is 0 Å². The van der Waals surface area contributed by atoms with E-state index in [0.29, 0.717) is 5.13 Å². The van der Waals surface area contributed by atoms with Crippen LogP contribution in [-0.2, 0) is 14.8 Å². The first-order valence-electron chi connectivity index (χ1n) is 6.68. The molecule has 1 amide bonds. The van der Waals surface area contributed by atoms with Crippen LogP contribution in [0.2, 0.25) is 0 Å². The molecule has 0 saturated heterocycles. The van der Waals surface area contributed by atoms with E-state index in [-0.39, 0.29) is 10.8 Å². The highest BCUT2D eigenvalue weighted by Crippen LogP contribution is 2.15. The molecule has 2 rings (SSSR count). The standard InChI is InChI=1S/C14H17N3O3S2/c1-10(2)12(13(18)16-14-15-8-9-21-14)17-22(19,20)11-6-4-3-5-7-11/h3-10,12,17H,1-2H3,(H,15,16,18)/t12-/m0/s1. The van der Waals surface area contributed by atoms with Crippen LogP contribution in [0.1, 0.15) is 13.8 Å². The van der Waals surface area contributed by atoms with Crippen molar-refractivity contribution in [1.29, 1.82) is 0 Å². The Morgan fingerprint density at radius 1 is 1.23 bits per heavy atom. The molecule has 0 unspecified atom stereocenters. The van der Waals surface area contributed by atoms with E-state index in [1.165, 1.54) is 23.5 Å². The predicted molar refractivity (Wildman–Crippen MR) is 86.1 cm³/mol. The molecule has 8 heteroatoms. The van der Waals surface area contributed by atoms with Gasteiger partial charge >= 0.3 is 0 Å². The number of anilines is 1. The summed E-state index contributed by atoms with van der Waals surface area (Å²) in [5.41, 5.74) is 0. The van der Waals surface area contributed by atoms with Gasteiger partial charge in [0.15, 0.2) is 5.13 Å². The fraction of sp³-hybridized carbons (Fsp3) is 0.286. The van der Waals surface area contributed by atoms with Crippen molar-refractivity contribution < 1.29 is 13.2 Å².